The molecule has 3 aromatic rings. The van der Waals surface area contributed by atoms with Gasteiger partial charge in [-0.3, -0.25) is 0 Å². The van der Waals surface area contributed by atoms with E-state index in [1.54, 1.807) is 4.57 Å². The average Bonchev–Trinajstić information content (AvgIpc) is 2.77. The number of aryl methyl sites for hydroxylation is 1. The van der Waals surface area contributed by atoms with Crippen molar-refractivity contribution in [2.75, 3.05) is 0 Å². The lowest BCUT2D eigenvalue weighted by molar-refractivity contribution is 1.12. The number of nitriles is 1. The Morgan fingerprint density at radius 1 is 1.11 bits per heavy atom. The Bertz CT molecular complexity index is 748. The van der Waals surface area contributed by atoms with E-state index < -0.39 is 0 Å². The summed E-state index contributed by atoms with van der Waals surface area (Å²) in [6.45, 7) is 2.02. The van der Waals surface area contributed by atoms with Crippen LogP contribution in [0, 0.1) is 18.4 Å². The van der Waals surface area contributed by atoms with Crippen molar-refractivity contribution in [1.29, 1.82) is 5.26 Å². The van der Waals surface area contributed by atoms with E-state index in [0.717, 1.165) is 22.2 Å². The average molecular weight is 233 g/mol. The second kappa shape index (κ2) is 4.01. The minimum absolute atomic E-state index is 0.693. The predicted molar refractivity (Wildman–Crippen MR) is 70.9 cm³/mol. The summed E-state index contributed by atoms with van der Waals surface area (Å²) >= 11 is 0. The van der Waals surface area contributed by atoms with Crippen LogP contribution in [-0.4, -0.2) is 9.55 Å². The maximum atomic E-state index is 9.31. The van der Waals surface area contributed by atoms with Crippen LogP contribution in [0.25, 0.3) is 22.4 Å². The third-order valence-electron chi connectivity index (χ3n) is 2.94. The Balaban J connectivity index is 2.34. The highest BCUT2D eigenvalue weighted by molar-refractivity contribution is 5.82. The second-order valence-corrected chi connectivity index (χ2v) is 4.23. The number of hydrogen-bond acceptors (Lipinski definition) is 2. The van der Waals surface area contributed by atoms with Gasteiger partial charge in [-0.1, -0.05) is 36.4 Å². The molecule has 0 atom stereocenters. The molecule has 3 nitrogen and oxygen atoms in total. The minimum Gasteiger partial charge on any atom is -0.228 e. The summed E-state index contributed by atoms with van der Waals surface area (Å²) in [4.78, 5) is 4.56. The topological polar surface area (TPSA) is 41.6 Å². The summed E-state index contributed by atoms with van der Waals surface area (Å²) < 4.78 is 1.57. The van der Waals surface area contributed by atoms with Gasteiger partial charge in [0, 0.05) is 5.56 Å². The molecule has 86 valence electrons. The van der Waals surface area contributed by atoms with Gasteiger partial charge in [0.15, 0.2) is 12.0 Å². The van der Waals surface area contributed by atoms with Crippen molar-refractivity contribution < 1.29 is 0 Å². The van der Waals surface area contributed by atoms with E-state index in [1.165, 1.54) is 0 Å². The molecule has 0 fully saturated rings. The highest BCUT2D eigenvalue weighted by Crippen LogP contribution is 2.24. The minimum atomic E-state index is 0.693. The van der Waals surface area contributed by atoms with E-state index in [-0.39, 0.29) is 0 Å². The first-order chi connectivity index (χ1) is 8.79. The molecule has 0 spiro atoms. The standard InChI is InChI=1S/C15H11N3/c1-11-7-8-14-13(9-11)17-15(18(14)10-16)12-5-3-2-4-6-12/h2-9H,1H3. The van der Waals surface area contributed by atoms with Gasteiger partial charge in [0.25, 0.3) is 0 Å². The Hall–Kier alpha value is -2.60. The number of imidazole rings is 1. The van der Waals surface area contributed by atoms with Gasteiger partial charge >= 0.3 is 0 Å². The highest BCUT2D eigenvalue weighted by Gasteiger charge is 2.11. The molecule has 0 aliphatic carbocycles. The van der Waals surface area contributed by atoms with Crippen LogP contribution < -0.4 is 0 Å². The fraction of sp³-hybridized carbons (Fsp3) is 0.0667. The number of benzene rings is 2. The fourth-order valence-electron chi connectivity index (χ4n) is 2.07. The van der Waals surface area contributed by atoms with Crippen molar-refractivity contribution in [3.63, 3.8) is 0 Å². The number of fused-ring (bicyclic) bond motifs is 1. The van der Waals surface area contributed by atoms with E-state index in [1.807, 2.05) is 55.5 Å². The van der Waals surface area contributed by atoms with Crippen LogP contribution in [0.15, 0.2) is 48.5 Å². The van der Waals surface area contributed by atoms with Gasteiger partial charge in [0.2, 0.25) is 0 Å². The molecule has 0 aliphatic heterocycles. The Morgan fingerprint density at radius 3 is 2.61 bits per heavy atom. The van der Waals surface area contributed by atoms with Crippen molar-refractivity contribution >= 4 is 11.0 Å². The summed E-state index contributed by atoms with van der Waals surface area (Å²) in [6.07, 6.45) is 2.19. The molecular formula is C15H11N3. The largest absolute Gasteiger partial charge is 0.228 e. The quantitative estimate of drug-likeness (QED) is 0.646. The van der Waals surface area contributed by atoms with E-state index in [0.29, 0.717) is 5.82 Å². The molecule has 0 radical (unpaired) electrons. The lowest BCUT2D eigenvalue weighted by atomic mass is 10.2. The van der Waals surface area contributed by atoms with Crippen LogP contribution in [0.5, 0.6) is 0 Å². The van der Waals surface area contributed by atoms with Crippen LogP contribution in [0.3, 0.4) is 0 Å². The van der Waals surface area contributed by atoms with Crippen LogP contribution in [0.1, 0.15) is 5.56 Å². The predicted octanol–water partition coefficient (Wildman–Crippen LogP) is 3.34. The molecule has 0 saturated carbocycles. The number of aromatic nitrogens is 2. The van der Waals surface area contributed by atoms with Crippen LogP contribution in [-0.2, 0) is 0 Å². The first-order valence-corrected chi connectivity index (χ1v) is 5.74. The molecule has 0 amide bonds. The lowest BCUT2D eigenvalue weighted by Crippen LogP contribution is -1.92. The SMILES string of the molecule is Cc1ccc2c(c1)nc(-c1ccccc1)n2C#N. The molecule has 18 heavy (non-hydrogen) atoms. The highest BCUT2D eigenvalue weighted by atomic mass is 15.1. The molecule has 0 aliphatic rings. The first-order valence-electron chi connectivity index (χ1n) is 5.74. The number of rotatable bonds is 1. The lowest BCUT2D eigenvalue weighted by Gasteiger charge is -1.98. The fourth-order valence-corrected chi connectivity index (χ4v) is 2.07. The molecule has 3 rings (SSSR count). The van der Waals surface area contributed by atoms with Crippen molar-refractivity contribution in [2.45, 2.75) is 6.92 Å². The third kappa shape index (κ3) is 1.56. The number of nitrogens with zero attached hydrogens (tertiary/aromatic N) is 3. The molecule has 0 saturated heterocycles. The van der Waals surface area contributed by atoms with Crippen molar-refractivity contribution in [3.8, 4) is 17.6 Å². The second-order valence-electron chi connectivity index (χ2n) is 4.23. The smallest absolute Gasteiger partial charge is 0.190 e. The summed E-state index contributed by atoms with van der Waals surface area (Å²) in [5.41, 5.74) is 3.80. The zero-order chi connectivity index (χ0) is 12.5. The Labute approximate surface area is 105 Å². The Kier molecular flexibility index (Phi) is 2.35. The van der Waals surface area contributed by atoms with Crippen LogP contribution in [0.4, 0.5) is 0 Å². The Morgan fingerprint density at radius 2 is 1.89 bits per heavy atom. The van der Waals surface area contributed by atoms with Gasteiger partial charge in [-0.15, -0.1) is 0 Å². The van der Waals surface area contributed by atoms with E-state index >= 15 is 0 Å². The van der Waals surface area contributed by atoms with Crippen LogP contribution in [0.2, 0.25) is 0 Å². The van der Waals surface area contributed by atoms with Crippen molar-refractivity contribution in [3.05, 3.63) is 54.1 Å². The van der Waals surface area contributed by atoms with Gasteiger partial charge < -0.3 is 0 Å². The van der Waals surface area contributed by atoms with E-state index in [9.17, 15) is 5.26 Å². The number of hydrogen-bond donors (Lipinski definition) is 0. The first kappa shape index (κ1) is 10.5. The molecule has 0 bridgehead atoms. The summed E-state index contributed by atoms with van der Waals surface area (Å²) in [5, 5.41) is 9.31. The summed E-state index contributed by atoms with van der Waals surface area (Å²) in [6, 6.07) is 15.7. The normalized spacial score (nSPS) is 10.4. The van der Waals surface area contributed by atoms with E-state index in [4.69, 9.17) is 0 Å². The maximum absolute atomic E-state index is 9.31. The van der Waals surface area contributed by atoms with Crippen LogP contribution >= 0.6 is 0 Å². The molecule has 1 heterocycles. The van der Waals surface area contributed by atoms with Gasteiger partial charge in [0.05, 0.1) is 11.0 Å². The van der Waals surface area contributed by atoms with E-state index in [2.05, 4.69) is 11.2 Å². The monoisotopic (exact) mass is 233 g/mol. The zero-order valence-corrected chi connectivity index (χ0v) is 9.96. The third-order valence-corrected chi connectivity index (χ3v) is 2.94. The molecule has 2 aromatic carbocycles. The van der Waals surface area contributed by atoms with Crippen molar-refractivity contribution in [1.82, 2.24) is 9.55 Å². The maximum Gasteiger partial charge on any atom is 0.190 e. The molecule has 0 N–H and O–H groups in total. The van der Waals surface area contributed by atoms with Gasteiger partial charge in [0.1, 0.15) is 0 Å². The molecule has 0 unspecified atom stereocenters. The van der Waals surface area contributed by atoms with Gasteiger partial charge in [-0.05, 0) is 24.6 Å². The van der Waals surface area contributed by atoms with Crippen molar-refractivity contribution in [2.24, 2.45) is 0 Å². The zero-order valence-electron chi connectivity index (χ0n) is 9.96. The molecular weight excluding hydrogens is 222 g/mol. The summed E-state index contributed by atoms with van der Waals surface area (Å²) in [5.74, 6) is 0.693. The van der Waals surface area contributed by atoms with Gasteiger partial charge in [-0.2, -0.15) is 5.26 Å². The summed E-state index contributed by atoms with van der Waals surface area (Å²) in [7, 11) is 0. The van der Waals surface area contributed by atoms with Gasteiger partial charge in [-0.25, -0.2) is 9.55 Å². The molecule has 3 heteroatoms. The molecule has 1 aromatic heterocycles.